The van der Waals surface area contributed by atoms with E-state index in [2.05, 4.69) is 5.32 Å². The summed E-state index contributed by atoms with van der Waals surface area (Å²) in [6.45, 7) is 1.08. The van der Waals surface area contributed by atoms with Gasteiger partial charge in [-0.05, 0) is 53.9 Å². The zero-order valence-electron chi connectivity index (χ0n) is 23.1. The van der Waals surface area contributed by atoms with Gasteiger partial charge in [0.2, 0.25) is 5.91 Å². The number of carbonyl (C=O) groups is 1. The first-order valence-electron chi connectivity index (χ1n) is 12.8. The molecule has 0 aliphatic rings. The second-order valence-corrected chi connectivity index (χ2v) is 11.2. The van der Waals surface area contributed by atoms with E-state index in [1.54, 1.807) is 0 Å². The second kappa shape index (κ2) is 12.6. The van der Waals surface area contributed by atoms with Crippen molar-refractivity contribution in [2.75, 3.05) is 25.1 Å². The number of amides is 1. The lowest BCUT2D eigenvalue weighted by Gasteiger charge is -2.27. The highest BCUT2D eigenvalue weighted by molar-refractivity contribution is 7.92. The number of halogens is 3. The summed E-state index contributed by atoms with van der Waals surface area (Å²) in [6.07, 6.45) is -4.74. The summed E-state index contributed by atoms with van der Waals surface area (Å²) in [5.74, 6) is -0.381. The van der Waals surface area contributed by atoms with Crippen LogP contribution in [0.5, 0.6) is 11.5 Å². The van der Waals surface area contributed by atoms with Gasteiger partial charge in [0.05, 0.1) is 36.4 Å². The predicted molar refractivity (Wildman–Crippen MR) is 153 cm³/mol. The normalized spacial score (nSPS) is 12.3. The third kappa shape index (κ3) is 6.68. The van der Waals surface area contributed by atoms with E-state index < -0.39 is 40.3 Å². The Kier molecular flexibility index (Phi) is 9.11. The number of hydrogen-bond donors (Lipinski definition) is 1. The Bertz CT molecular complexity index is 1660. The number of aryl methyl sites for hydroxylation is 1. The number of benzene rings is 4. The van der Waals surface area contributed by atoms with E-state index in [0.29, 0.717) is 10.4 Å². The molecule has 7 nitrogen and oxygen atoms in total. The molecule has 1 unspecified atom stereocenters. The molecule has 1 atom stereocenters. The third-order valence-corrected chi connectivity index (χ3v) is 8.40. The fourth-order valence-electron chi connectivity index (χ4n) is 4.49. The molecule has 0 aliphatic carbocycles. The molecule has 4 rings (SSSR count). The van der Waals surface area contributed by atoms with Crippen LogP contribution in [-0.2, 0) is 21.0 Å². The van der Waals surface area contributed by atoms with Gasteiger partial charge in [0, 0.05) is 6.07 Å². The minimum Gasteiger partial charge on any atom is -0.493 e. The van der Waals surface area contributed by atoms with Gasteiger partial charge < -0.3 is 14.8 Å². The van der Waals surface area contributed by atoms with Gasteiger partial charge >= 0.3 is 6.18 Å². The Morgan fingerprint density at radius 2 is 1.52 bits per heavy atom. The molecule has 1 amide bonds. The average molecular weight is 599 g/mol. The molecule has 0 saturated heterocycles. The van der Waals surface area contributed by atoms with E-state index in [4.69, 9.17) is 9.47 Å². The number of carbonyl (C=O) groups excluding carboxylic acids is 1. The van der Waals surface area contributed by atoms with Crippen LogP contribution in [0, 0.1) is 6.92 Å². The van der Waals surface area contributed by atoms with Gasteiger partial charge in [0.1, 0.15) is 6.54 Å². The summed E-state index contributed by atoms with van der Waals surface area (Å²) in [5, 5.41) is 2.89. The summed E-state index contributed by atoms with van der Waals surface area (Å²) in [5.41, 5.74) is 1.02. The SMILES string of the molecule is COc1ccc(S(=O)(=O)N(CC(=O)NC(c2ccccc2)c2ccccc2C)c2cccc(C(F)(F)F)c2)cc1OC. The number of nitrogens with zero attached hydrogens (tertiary/aromatic N) is 1. The summed E-state index contributed by atoms with van der Waals surface area (Å²) >= 11 is 0. The van der Waals surface area contributed by atoms with E-state index in [1.807, 2.05) is 61.5 Å². The maximum atomic E-state index is 13.9. The number of ether oxygens (including phenoxy) is 2. The molecular weight excluding hydrogens is 569 g/mol. The van der Waals surface area contributed by atoms with Crippen molar-refractivity contribution in [1.82, 2.24) is 5.32 Å². The maximum Gasteiger partial charge on any atom is 0.416 e. The van der Waals surface area contributed by atoms with Crippen LogP contribution in [0.3, 0.4) is 0 Å². The van der Waals surface area contributed by atoms with Gasteiger partial charge in [-0.1, -0.05) is 60.7 Å². The van der Waals surface area contributed by atoms with Crippen molar-refractivity contribution in [3.05, 3.63) is 119 Å². The fraction of sp³-hybridized carbons (Fsp3) is 0.194. The molecule has 0 spiro atoms. The van der Waals surface area contributed by atoms with Crippen molar-refractivity contribution < 1.29 is 35.9 Å². The molecule has 4 aromatic carbocycles. The lowest BCUT2D eigenvalue weighted by molar-refractivity contribution is -0.137. The van der Waals surface area contributed by atoms with Crippen molar-refractivity contribution in [1.29, 1.82) is 0 Å². The quantitative estimate of drug-likeness (QED) is 0.237. The summed E-state index contributed by atoms with van der Waals surface area (Å²) in [6, 6.07) is 23.4. The summed E-state index contributed by atoms with van der Waals surface area (Å²) in [4.78, 5) is 13.3. The first kappa shape index (κ1) is 30.4. The molecule has 0 aliphatic heterocycles. The summed E-state index contributed by atoms with van der Waals surface area (Å²) < 4.78 is 79.8. The van der Waals surface area contributed by atoms with Crippen LogP contribution in [-0.4, -0.2) is 35.1 Å². The van der Waals surface area contributed by atoms with Crippen LogP contribution < -0.4 is 19.1 Å². The molecule has 11 heteroatoms. The van der Waals surface area contributed by atoms with Crippen molar-refractivity contribution in [2.24, 2.45) is 0 Å². The van der Waals surface area contributed by atoms with E-state index in [1.165, 1.54) is 38.5 Å². The van der Waals surface area contributed by atoms with Crippen LogP contribution in [0.1, 0.15) is 28.3 Å². The molecule has 0 bridgehead atoms. The van der Waals surface area contributed by atoms with E-state index in [0.717, 1.165) is 28.8 Å². The van der Waals surface area contributed by atoms with Crippen molar-refractivity contribution >= 4 is 21.6 Å². The Morgan fingerprint density at radius 1 is 0.857 bits per heavy atom. The monoisotopic (exact) mass is 598 g/mol. The molecule has 42 heavy (non-hydrogen) atoms. The van der Waals surface area contributed by atoms with E-state index in [-0.39, 0.29) is 22.1 Å². The molecule has 4 aromatic rings. The molecule has 1 N–H and O–H groups in total. The highest BCUT2D eigenvalue weighted by atomic mass is 32.2. The minimum atomic E-state index is -4.74. The van der Waals surface area contributed by atoms with Crippen molar-refractivity contribution in [3.8, 4) is 11.5 Å². The molecular formula is C31H29F3N2O5S. The van der Waals surface area contributed by atoms with Crippen LogP contribution in [0.4, 0.5) is 18.9 Å². The largest absolute Gasteiger partial charge is 0.493 e. The minimum absolute atomic E-state index is 0.0933. The Hall–Kier alpha value is -4.51. The first-order valence-corrected chi connectivity index (χ1v) is 14.2. The third-order valence-electron chi connectivity index (χ3n) is 6.63. The van der Waals surface area contributed by atoms with Gasteiger partial charge in [-0.15, -0.1) is 0 Å². The number of anilines is 1. The van der Waals surface area contributed by atoms with Crippen LogP contribution in [0.2, 0.25) is 0 Å². The summed E-state index contributed by atoms with van der Waals surface area (Å²) in [7, 11) is -1.87. The molecule has 0 fully saturated rings. The van der Waals surface area contributed by atoms with Gasteiger partial charge in [-0.3, -0.25) is 9.10 Å². The van der Waals surface area contributed by atoms with E-state index >= 15 is 0 Å². The van der Waals surface area contributed by atoms with Gasteiger partial charge in [-0.2, -0.15) is 13.2 Å². The molecule has 0 radical (unpaired) electrons. The smallest absolute Gasteiger partial charge is 0.416 e. The van der Waals surface area contributed by atoms with Gasteiger partial charge in [0.15, 0.2) is 11.5 Å². The standard InChI is InChI=1S/C31H29F3N2O5S/c1-21-10-7-8-15-26(21)30(22-11-5-4-6-12-22)35-29(37)20-36(24-14-9-13-23(18-24)31(32,33)34)42(38,39)25-16-17-27(40-2)28(19-25)41-3/h4-19,30H,20H2,1-3H3,(H,35,37). The molecule has 0 aromatic heterocycles. The first-order chi connectivity index (χ1) is 20.0. The average Bonchev–Trinajstić information content (AvgIpc) is 2.98. The maximum absolute atomic E-state index is 13.9. The lowest BCUT2D eigenvalue weighted by Crippen LogP contribution is -2.42. The molecule has 220 valence electrons. The lowest BCUT2D eigenvalue weighted by atomic mass is 9.95. The number of sulfonamides is 1. The molecule has 0 heterocycles. The van der Waals surface area contributed by atoms with Gasteiger partial charge in [0.25, 0.3) is 10.0 Å². The van der Waals surface area contributed by atoms with Crippen molar-refractivity contribution in [3.63, 3.8) is 0 Å². The number of hydrogen-bond acceptors (Lipinski definition) is 5. The molecule has 0 saturated carbocycles. The van der Waals surface area contributed by atoms with Crippen LogP contribution in [0.15, 0.2) is 102 Å². The topological polar surface area (TPSA) is 84.9 Å². The Balaban J connectivity index is 1.78. The van der Waals surface area contributed by atoms with Crippen molar-refractivity contribution in [2.45, 2.75) is 24.0 Å². The van der Waals surface area contributed by atoms with E-state index in [9.17, 15) is 26.4 Å². The number of rotatable bonds is 10. The van der Waals surface area contributed by atoms with Crippen LogP contribution in [0.25, 0.3) is 0 Å². The predicted octanol–water partition coefficient (Wildman–Crippen LogP) is 6.13. The highest BCUT2D eigenvalue weighted by Crippen LogP contribution is 2.35. The number of methoxy groups -OCH3 is 2. The number of nitrogens with one attached hydrogen (secondary N) is 1. The Labute approximate surface area is 242 Å². The Morgan fingerprint density at radius 3 is 2.17 bits per heavy atom. The fourth-order valence-corrected chi connectivity index (χ4v) is 5.92. The number of alkyl halides is 3. The van der Waals surface area contributed by atoms with Crippen LogP contribution >= 0.6 is 0 Å². The zero-order valence-corrected chi connectivity index (χ0v) is 23.9. The zero-order chi connectivity index (χ0) is 30.5. The highest BCUT2D eigenvalue weighted by Gasteiger charge is 2.34. The van der Waals surface area contributed by atoms with Gasteiger partial charge in [-0.25, -0.2) is 8.42 Å². The second-order valence-electron chi connectivity index (χ2n) is 9.34.